The molecular formula is C15H23N3O2S. The number of hydrogen-bond donors (Lipinski definition) is 2. The molecule has 1 aromatic rings. The number of ether oxygens (including phenoxy) is 1. The average Bonchev–Trinajstić information content (AvgIpc) is 2.48. The third-order valence-corrected chi connectivity index (χ3v) is 4.85. The summed E-state index contributed by atoms with van der Waals surface area (Å²) in [7, 11) is 1.59. The van der Waals surface area contributed by atoms with E-state index in [0.29, 0.717) is 29.6 Å². The maximum Gasteiger partial charge on any atom is 0.225 e. The molecule has 0 bridgehead atoms. The Morgan fingerprint density at radius 1 is 1.57 bits per heavy atom. The normalized spacial score (nSPS) is 19.2. The van der Waals surface area contributed by atoms with Gasteiger partial charge in [0.2, 0.25) is 5.91 Å². The lowest BCUT2D eigenvalue weighted by molar-refractivity contribution is -0.116. The van der Waals surface area contributed by atoms with Crippen LogP contribution in [0.5, 0.6) is 5.75 Å². The minimum Gasteiger partial charge on any atom is -0.497 e. The lowest BCUT2D eigenvalue weighted by Crippen LogP contribution is -2.41. The molecule has 1 heterocycles. The summed E-state index contributed by atoms with van der Waals surface area (Å²) in [5, 5.41) is 2.86. The highest BCUT2D eigenvalue weighted by Crippen LogP contribution is 2.24. The van der Waals surface area contributed by atoms with Crippen LogP contribution in [0.25, 0.3) is 0 Å². The number of rotatable bonds is 5. The van der Waals surface area contributed by atoms with Crippen LogP contribution in [0.2, 0.25) is 0 Å². The molecule has 1 aromatic carbocycles. The number of nitrogens with one attached hydrogen (secondary N) is 1. The average molecular weight is 309 g/mol. The quantitative estimate of drug-likeness (QED) is 0.815. The Hall–Kier alpha value is -1.40. The molecule has 1 saturated heterocycles. The van der Waals surface area contributed by atoms with Crippen molar-refractivity contribution in [2.75, 3.05) is 42.8 Å². The van der Waals surface area contributed by atoms with Crippen molar-refractivity contribution < 1.29 is 9.53 Å². The summed E-state index contributed by atoms with van der Waals surface area (Å²) in [6, 6.07) is 5.81. The molecule has 1 fully saturated rings. The first-order valence-electron chi connectivity index (χ1n) is 7.15. The van der Waals surface area contributed by atoms with Crippen LogP contribution in [0, 0.1) is 0 Å². The molecule has 5 nitrogen and oxygen atoms in total. The molecule has 3 N–H and O–H groups in total. The first-order valence-corrected chi connectivity index (χ1v) is 8.31. The number of carbonyl (C=O) groups excluding carboxylic acids is 1. The van der Waals surface area contributed by atoms with Gasteiger partial charge in [0.25, 0.3) is 0 Å². The second-order valence-corrected chi connectivity index (χ2v) is 6.36. The van der Waals surface area contributed by atoms with Crippen LogP contribution in [0.15, 0.2) is 18.2 Å². The summed E-state index contributed by atoms with van der Waals surface area (Å²) < 4.78 is 5.09. The minimum atomic E-state index is -0.00251. The standard InChI is InChI=1S/C15H23N3O2S/c1-11-10-21-8-7-18(11)6-5-15(19)17-14-4-3-12(20-2)9-13(14)16/h3-4,9,11H,5-8,10,16H2,1-2H3,(H,17,19). The fraction of sp³-hybridized carbons (Fsp3) is 0.533. The van der Waals surface area contributed by atoms with Gasteiger partial charge in [-0.2, -0.15) is 11.8 Å². The van der Waals surface area contributed by atoms with Gasteiger partial charge in [0.05, 0.1) is 18.5 Å². The number of anilines is 2. The van der Waals surface area contributed by atoms with Gasteiger partial charge in [-0.25, -0.2) is 0 Å². The van der Waals surface area contributed by atoms with Crippen molar-refractivity contribution in [2.24, 2.45) is 0 Å². The zero-order valence-electron chi connectivity index (χ0n) is 12.6. The molecule has 0 saturated carbocycles. The SMILES string of the molecule is COc1ccc(NC(=O)CCN2CCSCC2C)c(N)c1. The number of hydrogen-bond acceptors (Lipinski definition) is 5. The van der Waals surface area contributed by atoms with Gasteiger partial charge in [0, 0.05) is 43.1 Å². The highest BCUT2D eigenvalue weighted by atomic mass is 32.2. The van der Waals surface area contributed by atoms with E-state index in [2.05, 4.69) is 17.1 Å². The Morgan fingerprint density at radius 3 is 3.05 bits per heavy atom. The molecule has 0 radical (unpaired) electrons. The molecule has 1 amide bonds. The molecule has 2 rings (SSSR count). The maximum absolute atomic E-state index is 12.0. The van der Waals surface area contributed by atoms with E-state index in [1.807, 2.05) is 11.8 Å². The maximum atomic E-state index is 12.0. The molecule has 1 aliphatic rings. The van der Waals surface area contributed by atoms with Crippen LogP contribution in [-0.2, 0) is 4.79 Å². The van der Waals surface area contributed by atoms with E-state index in [1.54, 1.807) is 25.3 Å². The summed E-state index contributed by atoms with van der Waals surface area (Å²) in [5.74, 6) is 2.98. The molecule has 1 atom stereocenters. The number of nitrogens with two attached hydrogens (primary N) is 1. The van der Waals surface area contributed by atoms with E-state index in [1.165, 1.54) is 0 Å². The number of carbonyl (C=O) groups is 1. The van der Waals surface area contributed by atoms with Gasteiger partial charge in [0.1, 0.15) is 5.75 Å². The first-order chi connectivity index (χ1) is 10.1. The van der Waals surface area contributed by atoms with Crippen LogP contribution in [-0.4, -0.2) is 48.6 Å². The Bertz CT molecular complexity index is 496. The second-order valence-electron chi connectivity index (χ2n) is 5.21. The molecule has 1 aliphatic heterocycles. The highest BCUT2D eigenvalue weighted by molar-refractivity contribution is 7.99. The fourth-order valence-electron chi connectivity index (χ4n) is 2.33. The zero-order chi connectivity index (χ0) is 15.2. The van der Waals surface area contributed by atoms with Gasteiger partial charge in [0.15, 0.2) is 0 Å². The van der Waals surface area contributed by atoms with E-state index in [0.717, 1.165) is 24.6 Å². The largest absolute Gasteiger partial charge is 0.497 e. The van der Waals surface area contributed by atoms with E-state index in [-0.39, 0.29) is 5.91 Å². The van der Waals surface area contributed by atoms with Gasteiger partial charge in [-0.15, -0.1) is 0 Å². The summed E-state index contributed by atoms with van der Waals surface area (Å²) >= 11 is 1.98. The zero-order valence-corrected chi connectivity index (χ0v) is 13.4. The summed E-state index contributed by atoms with van der Waals surface area (Å²) in [6.45, 7) is 4.07. The second kappa shape index (κ2) is 7.56. The molecule has 0 aromatic heterocycles. The predicted octanol–water partition coefficient (Wildman–Crippen LogP) is 2.04. The van der Waals surface area contributed by atoms with Crippen molar-refractivity contribution in [3.8, 4) is 5.75 Å². The molecular weight excluding hydrogens is 286 g/mol. The lowest BCUT2D eigenvalue weighted by Gasteiger charge is -2.32. The number of amides is 1. The minimum absolute atomic E-state index is 0.00251. The highest BCUT2D eigenvalue weighted by Gasteiger charge is 2.19. The number of methoxy groups -OCH3 is 1. The van der Waals surface area contributed by atoms with E-state index in [4.69, 9.17) is 10.5 Å². The number of thioether (sulfide) groups is 1. The van der Waals surface area contributed by atoms with E-state index in [9.17, 15) is 4.79 Å². The predicted molar refractivity (Wildman–Crippen MR) is 89.0 cm³/mol. The third-order valence-electron chi connectivity index (χ3n) is 3.66. The molecule has 21 heavy (non-hydrogen) atoms. The van der Waals surface area contributed by atoms with E-state index >= 15 is 0 Å². The van der Waals surface area contributed by atoms with Crippen molar-refractivity contribution in [1.82, 2.24) is 4.90 Å². The van der Waals surface area contributed by atoms with Gasteiger partial charge >= 0.3 is 0 Å². The van der Waals surface area contributed by atoms with Gasteiger partial charge in [-0.1, -0.05) is 0 Å². The van der Waals surface area contributed by atoms with Crippen molar-refractivity contribution in [1.29, 1.82) is 0 Å². The van der Waals surface area contributed by atoms with Crippen molar-refractivity contribution >= 4 is 29.0 Å². The summed E-state index contributed by atoms with van der Waals surface area (Å²) in [6.07, 6.45) is 0.487. The smallest absolute Gasteiger partial charge is 0.225 e. The Morgan fingerprint density at radius 2 is 2.38 bits per heavy atom. The van der Waals surface area contributed by atoms with Crippen molar-refractivity contribution in [3.63, 3.8) is 0 Å². The van der Waals surface area contributed by atoms with Crippen LogP contribution in [0.3, 0.4) is 0 Å². The van der Waals surface area contributed by atoms with Crippen LogP contribution in [0.4, 0.5) is 11.4 Å². The summed E-state index contributed by atoms with van der Waals surface area (Å²) in [5.41, 5.74) is 7.06. The lowest BCUT2D eigenvalue weighted by atomic mass is 10.2. The molecule has 0 aliphatic carbocycles. The third kappa shape index (κ3) is 4.54. The van der Waals surface area contributed by atoms with Crippen LogP contribution in [0.1, 0.15) is 13.3 Å². The van der Waals surface area contributed by atoms with Gasteiger partial charge in [-0.05, 0) is 19.1 Å². The Balaban J connectivity index is 1.84. The Kier molecular flexibility index (Phi) is 5.76. The number of benzene rings is 1. The van der Waals surface area contributed by atoms with Crippen molar-refractivity contribution in [2.45, 2.75) is 19.4 Å². The topological polar surface area (TPSA) is 67.6 Å². The van der Waals surface area contributed by atoms with Crippen LogP contribution >= 0.6 is 11.8 Å². The van der Waals surface area contributed by atoms with Crippen LogP contribution < -0.4 is 15.8 Å². The van der Waals surface area contributed by atoms with Crippen molar-refractivity contribution in [3.05, 3.63) is 18.2 Å². The molecule has 116 valence electrons. The summed E-state index contributed by atoms with van der Waals surface area (Å²) in [4.78, 5) is 14.4. The first kappa shape index (κ1) is 16.0. The number of nitrogen functional groups attached to an aromatic ring is 1. The van der Waals surface area contributed by atoms with Gasteiger partial charge < -0.3 is 15.8 Å². The number of nitrogens with zero attached hydrogens (tertiary/aromatic N) is 1. The van der Waals surface area contributed by atoms with E-state index < -0.39 is 0 Å². The van der Waals surface area contributed by atoms with Gasteiger partial charge in [-0.3, -0.25) is 9.69 Å². The molecule has 6 heteroatoms. The monoisotopic (exact) mass is 309 g/mol. The fourth-order valence-corrected chi connectivity index (χ4v) is 3.42. The Labute approximate surface area is 130 Å². The molecule has 0 spiro atoms. The molecule has 1 unspecified atom stereocenters.